The van der Waals surface area contributed by atoms with Crippen molar-refractivity contribution in [2.75, 3.05) is 0 Å². The third-order valence-electron chi connectivity index (χ3n) is 4.95. The normalized spacial score (nSPS) is 22.2. The van der Waals surface area contributed by atoms with Gasteiger partial charge < -0.3 is 5.11 Å². The molecule has 1 rings (SSSR count). The zero-order valence-electron chi connectivity index (χ0n) is 16.3. The van der Waals surface area contributed by atoms with Crippen LogP contribution in [0.3, 0.4) is 0 Å². The average Bonchev–Trinajstić information content (AvgIpc) is 2.53. The first kappa shape index (κ1) is 22.4. The molecular formula is C19H38O4. The highest BCUT2D eigenvalue weighted by atomic mass is 17.2. The molecule has 4 heteroatoms. The van der Waals surface area contributed by atoms with Crippen LogP contribution in [0.2, 0.25) is 0 Å². The molecule has 23 heavy (non-hydrogen) atoms. The van der Waals surface area contributed by atoms with E-state index in [1.165, 1.54) is 6.42 Å². The van der Waals surface area contributed by atoms with Crippen LogP contribution >= 0.6 is 0 Å². The van der Waals surface area contributed by atoms with Gasteiger partial charge in [-0.2, -0.15) is 0 Å². The van der Waals surface area contributed by atoms with E-state index in [-0.39, 0.29) is 17.1 Å². The lowest BCUT2D eigenvalue weighted by Crippen LogP contribution is -2.31. The lowest BCUT2D eigenvalue weighted by Gasteiger charge is -2.29. The number of carboxylic acids is 1. The van der Waals surface area contributed by atoms with Crippen molar-refractivity contribution in [2.24, 2.45) is 11.8 Å². The quantitative estimate of drug-likeness (QED) is 0.487. The molecule has 0 amide bonds. The second-order valence-corrected chi connectivity index (χ2v) is 7.79. The molecule has 0 aromatic carbocycles. The SMILES string of the molecule is CCC(C)(C)OOC(C)(C)CC.CCC1CCCCC1C(=O)O. The van der Waals surface area contributed by atoms with Gasteiger partial charge in [-0.15, -0.1) is 0 Å². The monoisotopic (exact) mass is 330 g/mol. The maximum atomic E-state index is 10.7. The Labute approximate surface area is 142 Å². The van der Waals surface area contributed by atoms with Crippen molar-refractivity contribution < 1.29 is 19.7 Å². The van der Waals surface area contributed by atoms with E-state index in [0.29, 0.717) is 5.92 Å². The number of hydrogen-bond acceptors (Lipinski definition) is 3. The summed E-state index contributed by atoms with van der Waals surface area (Å²) in [6, 6.07) is 0. The predicted molar refractivity (Wildman–Crippen MR) is 94.3 cm³/mol. The largest absolute Gasteiger partial charge is 0.481 e. The Bertz CT molecular complexity index is 320. The molecule has 1 N–H and O–H groups in total. The van der Waals surface area contributed by atoms with Gasteiger partial charge in [-0.05, 0) is 59.3 Å². The molecule has 1 aliphatic carbocycles. The minimum atomic E-state index is -0.587. The van der Waals surface area contributed by atoms with Crippen LogP contribution in [0.5, 0.6) is 0 Å². The summed E-state index contributed by atoms with van der Waals surface area (Å²) in [6.45, 7) is 14.4. The van der Waals surface area contributed by atoms with Crippen LogP contribution in [0.1, 0.15) is 93.4 Å². The van der Waals surface area contributed by atoms with Crippen LogP contribution in [0.4, 0.5) is 0 Å². The van der Waals surface area contributed by atoms with Gasteiger partial charge in [0.2, 0.25) is 0 Å². The first-order valence-electron chi connectivity index (χ1n) is 9.18. The Morgan fingerprint density at radius 3 is 1.70 bits per heavy atom. The van der Waals surface area contributed by atoms with Crippen LogP contribution < -0.4 is 0 Å². The van der Waals surface area contributed by atoms with E-state index >= 15 is 0 Å². The highest BCUT2D eigenvalue weighted by Crippen LogP contribution is 2.32. The predicted octanol–water partition coefficient (Wildman–Crippen LogP) is 5.60. The van der Waals surface area contributed by atoms with Gasteiger partial charge in [0.1, 0.15) is 0 Å². The Hall–Kier alpha value is -0.610. The Morgan fingerprint density at radius 1 is 0.957 bits per heavy atom. The van der Waals surface area contributed by atoms with Crippen molar-refractivity contribution in [3.8, 4) is 0 Å². The molecule has 0 aromatic rings. The Balaban J connectivity index is 0.000000422. The number of aliphatic carboxylic acids is 1. The maximum absolute atomic E-state index is 10.7. The molecule has 0 aromatic heterocycles. The summed E-state index contributed by atoms with van der Waals surface area (Å²) in [5, 5.41) is 8.84. The third-order valence-corrected chi connectivity index (χ3v) is 4.95. The molecule has 0 aliphatic heterocycles. The minimum Gasteiger partial charge on any atom is -0.481 e. The number of hydrogen-bond donors (Lipinski definition) is 1. The molecule has 2 unspecified atom stereocenters. The fourth-order valence-electron chi connectivity index (χ4n) is 2.36. The summed E-state index contributed by atoms with van der Waals surface area (Å²) in [7, 11) is 0. The van der Waals surface area contributed by atoms with E-state index < -0.39 is 5.97 Å². The molecule has 1 aliphatic rings. The van der Waals surface area contributed by atoms with E-state index in [2.05, 4.69) is 20.8 Å². The van der Waals surface area contributed by atoms with Crippen molar-refractivity contribution in [1.29, 1.82) is 0 Å². The smallest absolute Gasteiger partial charge is 0.306 e. The van der Waals surface area contributed by atoms with Crippen molar-refractivity contribution in [2.45, 2.75) is 105 Å². The number of carboxylic acid groups (broad SMARTS) is 1. The first-order chi connectivity index (χ1) is 10.6. The molecule has 0 radical (unpaired) electrons. The fourth-order valence-corrected chi connectivity index (χ4v) is 2.36. The second-order valence-electron chi connectivity index (χ2n) is 7.79. The zero-order chi connectivity index (χ0) is 18.1. The highest BCUT2D eigenvalue weighted by molar-refractivity contribution is 5.70. The maximum Gasteiger partial charge on any atom is 0.306 e. The summed E-state index contributed by atoms with van der Waals surface area (Å²) in [4.78, 5) is 21.4. The molecule has 4 nitrogen and oxygen atoms in total. The molecule has 0 spiro atoms. The zero-order valence-corrected chi connectivity index (χ0v) is 16.3. The number of rotatable bonds is 7. The van der Waals surface area contributed by atoms with E-state index in [1.807, 2.05) is 27.7 Å². The highest BCUT2D eigenvalue weighted by Gasteiger charge is 2.29. The fraction of sp³-hybridized carbons (Fsp3) is 0.947. The summed E-state index contributed by atoms with van der Waals surface area (Å²) in [5.74, 6) is -0.188. The molecular weight excluding hydrogens is 292 g/mol. The van der Waals surface area contributed by atoms with Gasteiger partial charge in [-0.1, -0.05) is 40.0 Å². The van der Waals surface area contributed by atoms with Gasteiger partial charge in [0, 0.05) is 0 Å². The van der Waals surface area contributed by atoms with Crippen LogP contribution in [0.25, 0.3) is 0 Å². The lowest BCUT2D eigenvalue weighted by atomic mass is 9.78. The molecule has 138 valence electrons. The van der Waals surface area contributed by atoms with E-state index in [1.54, 1.807) is 0 Å². The molecule has 1 saturated carbocycles. The molecule has 0 heterocycles. The van der Waals surface area contributed by atoms with Crippen LogP contribution in [0.15, 0.2) is 0 Å². The van der Waals surface area contributed by atoms with Crippen LogP contribution in [0, 0.1) is 11.8 Å². The topological polar surface area (TPSA) is 55.8 Å². The van der Waals surface area contributed by atoms with E-state index in [4.69, 9.17) is 14.9 Å². The summed E-state index contributed by atoms with van der Waals surface area (Å²) in [5.41, 5.74) is -0.348. The van der Waals surface area contributed by atoms with E-state index in [9.17, 15) is 4.79 Å². The molecule has 2 atom stereocenters. The third kappa shape index (κ3) is 9.31. The molecule has 1 fully saturated rings. The van der Waals surface area contributed by atoms with Gasteiger partial charge in [-0.25, -0.2) is 9.78 Å². The van der Waals surface area contributed by atoms with Gasteiger partial charge in [-0.3, -0.25) is 4.79 Å². The Kier molecular flexibility index (Phi) is 10.0. The van der Waals surface area contributed by atoms with Crippen LogP contribution in [-0.4, -0.2) is 22.3 Å². The second kappa shape index (κ2) is 10.3. The van der Waals surface area contributed by atoms with E-state index in [0.717, 1.165) is 38.5 Å². The van der Waals surface area contributed by atoms with Crippen molar-refractivity contribution in [3.63, 3.8) is 0 Å². The van der Waals surface area contributed by atoms with Crippen molar-refractivity contribution >= 4 is 5.97 Å². The lowest BCUT2D eigenvalue weighted by molar-refractivity contribution is -0.401. The van der Waals surface area contributed by atoms with Gasteiger partial charge >= 0.3 is 5.97 Å². The summed E-state index contributed by atoms with van der Waals surface area (Å²) in [6.07, 6.45) is 7.27. The summed E-state index contributed by atoms with van der Waals surface area (Å²) < 4.78 is 0. The van der Waals surface area contributed by atoms with Gasteiger partial charge in [0.25, 0.3) is 0 Å². The standard InChI is InChI=1S/C10H22O2.C9H16O2/c1-7-9(3,4)11-12-10(5,6)8-2;1-2-7-5-3-4-6-8(7)9(10)11/h7-8H2,1-6H3;7-8H,2-6H2,1H3,(H,10,11). The minimum absolute atomic E-state index is 0.0475. The van der Waals surface area contributed by atoms with Crippen molar-refractivity contribution in [1.82, 2.24) is 0 Å². The van der Waals surface area contributed by atoms with Crippen molar-refractivity contribution in [3.05, 3.63) is 0 Å². The Morgan fingerprint density at radius 2 is 1.39 bits per heavy atom. The van der Waals surface area contributed by atoms with Crippen LogP contribution in [-0.2, 0) is 14.6 Å². The molecule has 0 bridgehead atoms. The molecule has 0 saturated heterocycles. The number of carbonyl (C=O) groups is 1. The average molecular weight is 331 g/mol. The van der Waals surface area contributed by atoms with Gasteiger partial charge in [0.05, 0.1) is 17.1 Å². The van der Waals surface area contributed by atoms with Gasteiger partial charge in [0.15, 0.2) is 0 Å². The summed E-state index contributed by atoms with van der Waals surface area (Å²) >= 11 is 0. The first-order valence-corrected chi connectivity index (χ1v) is 9.18.